The van der Waals surface area contributed by atoms with Gasteiger partial charge in [0.2, 0.25) is 0 Å². The predicted molar refractivity (Wildman–Crippen MR) is 213 cm³/mol. The van der Waals surface area contributed by atoms with Crippen molar-refractivity contribution in [2.24, 2.45) is 0 Å². The smallest absolute Gasteiger partial charge is 0.149 e. The quantitative estimate of drug-likeness (QED) is 0.189. The first-order chi connectivity index (χ1) is 25.3. The summed E-state index contributed by atoms with van der Waals surface area (Å²) in [4.78, 5) is 3.59. The molecule has 240 valence electrons. The number of aromatic nitrogens is 1. The molecule has 0 saturated heterocycles. The molecule has 0 radical (unpaired) electrons. The van der Waals surface area contributed by atoms with Crippen molar-refractivity contribution < 1.29 is 4.90 Å². The second-order valence-corrected chi connectivity index (χ2v) is 13.2. The van der Waals surface area contributed by atoms with E-state index in [1.807, 2.05) is 0 Å². The molecule has 1 aromatic heterocycles. The third-order valence-electron chi connectivity index (χ3n) is 10.2. The van der Waals surface area contributed by atoms with Crippen LogP contribution in [0.15, 0.2) is 200 Å². The molecule has 3 nitrogen and oxygen atoms in total. The highest BCUT2D eigenvalue weighted by Gasteiger charge is 2.33. The number of quaternary nitrogens is 1. The van der Waals surface area contributed by atoms with Gasteiger partial charge in [-0.2, -0.15) is 0 Å². The summed E-state index contributed by atoms with van der Waals surface area (Å²) in [5.74, 6) is 0. The Hall–Kier alpha value is -6.68. The SMILES string of the molecule is c1ccc(N(c2ccccc2)c2ccc([NH+]3c4ccccc4-c4cc(-c5ccc6c(c5)c5ccccc5n6-c5ccccc5)ccc43)cc2)cc1. The number of anilines is 3. The van der Waals surface area contributed by atoms with Crippen LogP contribution in [0.5, 0.6) is 0 Å². The zero-order chi connectivity index (χ0) is 33.7. The van der Waals surface area contributed by atoms with Gasteiger partial charge in [-0.15, -0.1) is 0 Å². The third kappa shape index (κ3) is 4.86. The van der Waals surface area contributed by atoms with Gasteiger partial charge in [0.15, 0.2) is 0 Å². The summed E-state index contributed by atoms with van der Waals surface area (Å²) in [6.45, 7) is 0. The highest BCUT2D eigenvalue weighted by Crippen LogP contribution is 2.43. The van der Waals surface area contributed by atoms with E-state index >= 15 is 0 Å². The minimum absolute atomic E-state index is 1.13. The van der Waals surface area contributed by atoms with Crippen LogP contribution in [0.2, 0.25) is 0 Å². The first kappa shape index (κ1) is 29.3. The number of nitrogens with zero attached hydrogens (tertiary/aromatic N) is 2. The van der Waals surface area contributed by atoms with E-state index in [-0.39, 0.29) is 0 Å². The Morgan fingerprint density at radius 1 is 0.373 bits per heavy atom. The maximum Gasteiger partial charge on any atom is 0.149 e. The van der Waals surface area contributed by atoms with Gasteiger partial charge in [0.05, 0.1) is 16.6 Å². The lowest BCUT2D eigenvalue weighted by atomic mass is 9.98. The average molecular weight is 653 g/mol. The number of fused-ring (bicyclic) bond motifs is 6. The fourth-order valence-electron chi connectivity index (χ4n) is 7.94. The maximum atomic E-state index is 2.39. The third-order valence-corrected chi connectivity index (χ3v) is 10.2. The molecule has 1 atom stereocenters. The number of rotatable bonds is 6. The first-order valence-corrected chi connectivity index (χ1v) is 17.5. The minimum Gasteiger partial charge on any atom is -0.310 e. The Morgan fingerprint density at radius 3 is 1.67 bits per heavy atom. The molecular weight excluding hydrogens is 619 g/mol. The standard InChI is InChI=1S/C48H33N3/c1-4-14-36(15-5-1)49(37-16-6-2-7-17-37)39-26-28-40(29-27-39)51-46-23-13-11-21-42(46)44-33-35(25-31-48(44)51)34-24-30-47-43(32-34)41-20-10-12-22-45(41)50(47)38-18-8-3-9-19-38/h1-33H/p+1. The fourth-order valence-corrected chi connectivity index (χ4v) is 7.94. The van der Waals surface area contributed by atoms with Crippen molar-refractivity contribution in [3.63, 3.8) is 0 Å². The second-order valence-electron chi connectivity index (χ2n) is 13.2. The number of para-hydroxylation sites is 5. The molecule has 0 amide bonds. The fraction of sp³-hybridized carbons (Fsp3) is 0. The van der Waals surface area contributed by atoms with Crippen molar-refractivity contribution >= 4 is 55.9 Å². The van der Waals surface area contributed by atoms with Crippen LogP contribution in [0.25, 0.3) is 49.7 Å². The van der Waals surface area contributed by atoms with Gasteiger partial charge < -0.3 is 9.47 Å². The summed E-state index contributed by atoms with van der Waals surface area (Å²) in [7, 11) is 0. The van der Waals surface area contributed by atoms with Crippen LogP contribution < -0.4 is 9.80 Å². The van der Waals surface area contributed by atoms with Crippen LogP contribution in [0.1, 0.15) is 0 Å². The van der Waals surface area contributed by atoms with E-state index in [0.29, 0.717) is 0 Å². The summed E-state index contributed by atoms with van der Waals surface area (Å²) in [5.41, 5.74) is 15.8. The summed E-state index contributed by atoms with van der Waals surface area (Å²) in [6, 6.07) is 72.4. The number of nitrogens with one attached hydrogen (secondary N) is 1. The Morgan fingerprint density at radius 2 is 0.922 bits per heavy atom. The topological polar surface area (TPSA) is 12.6 Å². The average Bonchev–Trinajstić information content (AvgIpc) is 3.72. The molecule has 0 aliphatic carbocycles. The molecule has 3 heteroatoms. The summed E-state index contributed by atoms with van der Waals surface area (Å²) in [5, 5.41) is 2.53. The van der Waals surface area contributed by atoms with E-state index in [0.717, 1.165) is 17.1 Å². The van der Waals surface area contributed by atoms with Gasteiger partial charge in [-0.05, 0) is 96.1 Å². The molecule has 1 N–H and O–H groups in total. The van der Waals surface area contributed by atoms with Crippen molar-refractivity contribution in [2.45, 2.75) is 0 Å². The van der Waals surface area contributed by atoms with Gasteiger partial charge in [-0.3, -0.25) is 0 Å². The van der Waals surface area contributed by atoms with Crippen LogP contribution in [-0.4, -0.2) is 4.57 Å². The van der Waals surface area contributed by atoms with Crippen LogP contribution in [0.3, 0.4) is 0 Å². The Labute approximate surface area is 297 Å². The Balaban J connectivity index is 1.05. The highest BCUT2D eigenvalue weighted by molar-refractivity contribution is 6.10. The van der Waals surface area contributed by atoms with Gasteiger partial charge in [-0.25, -0.2) is 4.90 Å². The number of benzene rings is 8. The van der Waals surface area contributed by atoms with E-state index in [1.165, 1.54) is 71.7 Å². The van der Waals surface area contributed by atoms with Gasteiger partial charge in [-0.1, -0.05) is 91.0 Å². The van der Waals surface area contributed by atoms with Crippen molar-refractivity contribution in [1.29, 1.82) is 0 Å². The molecule has 51 heavy (non-hydrogen) atoms. The Bertz CT molecular complexity index is 2640. The van der Waals surface area contributed by atoms with Crippen molar-refractivity contribution in [1.82, 2.24) is 4.57 Å². The predicted octanol–water partition coefficient (Wildman–Crippen LogP) is 12.1. The molecule has 8 aromatic carbocycles. The van der Waals surface area contributed by atoms with Crippen LogP contribution >= 0.6 is 0 Å². The van der Waals surface area contributed by atoms with Gasteiger partial charge >= 0.3 is 0 Å². The van der Waals surface area contributed by atoms with E-state index < -0.39 is 0 Å². The lowest BCUT2D eigenvalue weighted by Crippen LogP contribution is -2.95. The summed E-state index contributed by atoms with van der Waals surface area (Å²) < 4.78 is 2.37. The molecule has 1 unspecified atom stereocenters. The molecular formula is C48H34N3+. The van der Waals surface area contributed by atoms with Crippen molar-refractivity contribution in [2.75, 3.05) is 4.90 Å². The van der Waals surface area contributed by atoms with Gasteiger partial charge in [0, 0.05) is 63.4 Å². The largest absolute Gasteiger partial charge is 0.310 e. The second kappa shape index (κ2) is 12.0. The maximum absolute atomic E-state index is 2.39. The molecule has 0 saturated carbocycles. The zero-order valence-electron chi connectivity index (χ0n) is 27.9. The zero-order valence-corrected chi connectivity index (χ0v) is 27.9. The summed E-state index contributed by atoms with van der Waals surface area (Å²) in [6.07, 6.45) is 0. The summed E-state index contributed by atoms with van der Waals surface area (Å²) >= 11 is 0. The molecule has 0 spiro atoms. The molecule has 2 heterocycles. The van der Waals surface area contributed by atoms with Crippen molar-refractivity contribution in [3.05, 3.63) is 200 Å². The number of hydrogen-bond donors (Lipinski definition) is 1. The molecule has 1 aliphatic heterocycles. The van der Waals surface area contributed by atoms with E-state index in [4.69, 9.17) is 0 Å². The van der Waals surface area contributed by atoms with Crippen LogP contribution in [-0.2, 0) is 0 Å². The van der Waals surface area contributed by atoms with Crippen LogP contribution in [0, 0.1) is 0 Å². The first-order valence-electron chi connectivity index (χ1n) is 17.5. The van der Waals surface area contributed by atoms with Gasteiger partial charge in [0.25, 0.3) is 0 Å². The van der Waals surface area contributed by atoms with E-state index in [1.54, 1.807) is 0 Å². The molecule has 0 fully saturated rings. The molecule has 9 aromatic rings. The Kier molecular flexibility index (Phi) is 6.90. The lowest BCUT2D eigenvalue weighted by Gasteiger charge is -2.25. The van der Waals surface area contributed by atoms with E-state index in [9.17, 15) is 0 Å². The lowest BCUT2D eigenvalue weighted by molar-refractivity contribution is -0.677. The highest BCUT2D eigenvalue weighted by atomic mass is 15.2. The normalized spacial score (nSPS) is 13.3. The minimum atomic E-state index is 1.13. The van der Waals surface area contributed by atoms with E-state index in [2.05, 4.69) is 210 Å². The number of hydrogen-bond acceptors (Lipinski definition) is 1. The molecule has 10 rings (SSSR count). The van der Waals surface area contributed by atoms with Gasteiger partial charge in [0.1, 0.15) is 17.1 Å². The van der Waals surface area contributed by atoms with Crippen LogP contribution in [0.4, 0.5) is 34.1 Å². The molecule has 0 bridgehead atoms. The van der Waals surface area contributed by atoms with Crippen molar-refractivity contribution in [3.8, 4) is 27.9 Å². The molecule has 1 aliphatic rings. The monoisotopic (exact) mass is 652 g/mol.